The third kappa shape index (κ3) is 5.22. The maximum absolute atomic E-state index is 15.2. The lowest BCUT2D eigenvalue weighted by Gasteiger charge is -2.14. The van der Waals surface area contributed by atoms with Crippen molar-refractivity contribution in [3.05, 3.63) is 102 Å². The van der Waals surface area contributed by atoms with Crippen LogP contribution in [-0.4, -0.2) is 32.5 Å². The van der Waals surface area contributed by atoms with Gasteiger partial charge in [-0.3, -0.25) is 4.79 Å². The van der Waals surface area contributed by atoms with Gasteiger partial charge in [-0.15, -0.1) is 0 Å². The van der Waals surface area contributed by atoms with Crippen LogP contribution in [0.1, 0.15) is 16.2 Å². The molecule has 5 aromatic rings. The molecule has 10 nitrogen and oxygen atoms in total. The lowest BCUT2D eigenvalue weighted by Crippen LogP contribution is -2.21. The average Bonchev–Trinajstić information content (AvgIpc) is 3.29. The van der Waals surface area contributed by atoms with E-state index in [-0.39, 0.29) is 38.0 Å². The number of amides is 1. The van der Waals surface area contributed by atoms with E-state index in [0.29, 0.717) is 16.5 Å². The Morgan fingerprint density at radius 2 is 1.45 bits per heavy atom. The van der Waals surface area contributed by atoms with E-state index in [1.165, 1.54) is 42.5 Å². The van der Waals surface area contributed by atoms with Crippen LogP contribution in [0, 0.1) is 12.7 Å². The fraction of sp³-hybridized carbons (Fsp3) is 0.0370. The zero-order valence-electron chi connectivity index (χ0n) is 20.9. The molecule has 13 heteroatoms. The van der Waals surface area contributed by atoms with Crippen molar-refractivity contribution in [1.82, 2.24) is 9.78 Å². The van der Waals surface area contributed by atoms with Crippen LogP contribution < -0.4 is 15.6 Å². The van der Waals surface area contributed by atoms with Crippen LogP contribution in [0.5, 0.6) is 0 Å². The van der Waals surface area contributed by atoms with Crippen molar-refractivity contribution < 1.29 is 26.0 Å². The van der Waals surface area contributed by atoms with Crippen LogP contribution in [-0.2, 0) is 20.0 Å². The third-order valence-corrected chi connectivity index (χ3v) is 8.06. The Bertz CT molecular complexity index is 2040. The summed E-state index contributed by atoms with van der Waals surface area (Å²) in [5.74, 6) is -1.61. The van der Waals surface area contributed by atoms with Gasteiger partial charge in [-0.25, -0.2) is 36.2 Å². The fourth-order valence-electron chi connectivity index (χ4n) is 4.37. The molecule has 0 fully saturated rings. The predicted molar refractivity (Wildman–Crippen MR) is 148 cm³/mol. The van der Waals surface area contributed by atoms with Gasteiger partial charge in [0.2, 0.25) is 20.0 Å². The number of nitrogens with zero attached hydrogens (tertiary/aromatic N) is 2. The number of anilines is 1. The van der Waals surface area contributed by atoms with E-state index in [2.05, 4.69) is 10.4 Å². The molecule has 40 heavy (non-hydrogen) atoms. The smallest absolute Gasteiger partial charge is 0.274 e. The number of carbonyl (C=O) groups is 1. The topological polar surface area (TPSA) is 167 Å². The average molecular weight is 580 g/mol. The first kappa shape index (κ1) is 27.1. The molecule has 1 heterocycles. The summed E-state index contributed by atoms with van der Waals surface area (Å²) in [6.07, 6.45) is 0. The van der Waals surface area contributed by atoms with Crippen molar-refractivity contribution >= 4 is 42.4 Å². The van der Waals surface area contributed by atoms with E-state index in [9.17, 15) is 21.6 Å². The number of carbonyl (C=O) groups excluding carboxylic acids is 1. The van der Waals surface area contributed by atoms with Crippen LogP contribution in [0.2, 0.25) is 0 Å². The molecule has 0 bridgehead atoms. The number of rotatable bonds is 6. The first-order valence-corrected chi connectivity index (χ1v) is 14.8. The Kier molecular flexibility index (Phi) is 6.75. The molecule has 0 spiro atoms. The highest BCUT2D eigenvalue weighted by Crippen LogP contribution is 2.30. The lowest BCUT2D eigenvalue weighted by molar-refractivity contribution is 0.101. The number of halogens is 1. The largest absolute Gasteiger partial charge is 0.318 e. The summed E-state index contributed by atoms with van der Waals surface area (Å²) in [4.78, 5) is 12.9. The van der Waals surface area contributed by atoms with E-state index in [4.69, 9.17) is 10.3 Å². The number of sulfonamides is 2. The second-order valence-electron chi connectivity index (χ2n) is 8.98. The molecule has 1 amide bonds. The highest BCUT2D eigenvalue weighted by atomic mass is 32.2. The van der Waals surface area contributed by atoms with Crippen molar-refractivity contribution in [2.24, 2.45) is 10.3 Å². The summed E-state index contributed by atoms with van der Waals surface area (Å²) in [5.41, 5.74) is 0.611. The molecule has 204 valence electrons. The molecule has 5 N–H and O–H groups in total. The van der Waals surface area contributed by atoms with Gasteiger partial charge in [-0.1, -0.05) is 48.5 Å². The van der Waals surface area contributed by atoms with Crippen LogP contribution >= 0.6 is 0 Å². The number of hydrogen-bond acceptors (Lipinski definition) is 6. The number of nitrogens with one attached hydrogen (secondary N) is 1. The van der Waals surface area contributed by atoms with Gasteiger partial charge in [0, 0.05) is 5.56 Å². The monoisotopic (exact) mass is 579 g/mol. The van der Waals surface area contributed by atoms with Crippen molar-refractivity contribution in [3.63, 3.8) is 0 Å². The number of primary sulfonamides is 2. The standard InChI is InChI=1S/C27H22FN5O5S2/c1-16-12-24(33(32-16)23-14-17-6-2-3-7-18(17)15-26(23)40(30,37)38)27(34)31-22-11-10-19(13-21(22)28)20-8-4-5-9-25(20)39(29,35)36/h2-15H,1H3,(H,31,34)(H2,29,35,36)(H2,30,37,38). The third-order valence-electron chi connectivity index (χ3n) is 6.15. The first-order chi connectivity index (χ1) is 18.8. The molecule has 0 unspecified atom stereocenters. The molecule has 0 aliphatic rings. The summed E-state index contributed by atoms with van der Waals surface area (Å²) < 4.78 is 65.2. The lowest BCUT2D eigenvalue weighted by atomic mass is 10.0. The molecular weight excluding hydrogens is 557 g/mol. The van der Waals surface area contributed by atoms with Gasteiger partial charge in [0.15, 0.2) is 0 Å². The van der Waals surface area contributed by atoms with E-state index in [1.807, 2.05) is 0 Å². The Morgan fingerprint density at radius 3 is 2.10 bits per heavy atom. The van der Waals surface area contributed by atoms with Gasteiger partial charge >= 0.3 is 0 Å². The van der Waals surface area contributed by atoms with Gasteiger partial charge in [0.1, 0.15) is 16.4 Å². The maximum Gasteiger partial charge on any atom is 0.274 e. The van der Waals surface area contributed by atoms with Crippen LogP contribution in [0.3, 0.4) is 0 Å². The van der Waals surface area contributed by atoms with Gasteiger partial charge in [-0.05, 0) is 59.7 Å². The summed E-state index contributed by atoms with van der Waals surface area (Å²) in [6.45, 7) is 1.61. The molecule has 1 aromatic heterocycles. The minimum atomic E-state index is -4.22. The minimum absolute atomic E-state index is 0.0508. The first-order valence-electron chi connectivity index (χ1n) is 11.7. The van der Waals surface area contributed by atoms with Gasteiger partial charge < -0.3 is 5.32 Å². The van der Waals surface area contributed by atoms with E-state index >= 15 is 4.39 Å². The Morgan fingerprint density at radius 1 is 0.825 bits per heavy atom. The summed E-state index contributed by atoms with van der Waals surface area (Å²) >= 11 is 0. The molecule has 5 rings (SSSR count). The van der Waals surface area contributed by atoms with Crippen molar-refractivity contribution in [2.75, 3.05) is 5.32 Å². The van der Waals surface area contributed by atoms with Gasteiger partial charge in [0.25, 0.3) is 5.91 Å². The summed E-state index contributed by atoms with van der Waals surface area (Å²) in [5, 5.41) is 18.9. The Hall–Kier alpha value is -4.43. The summed E-state index contributed by atoms with van der Waals surface area (Å²) in [7, 11) is -8.29. The number of fused-ring (bicyclic) bond motifs is 1. The van der Waals surface area contributed by atoms with Crippen molar-refractivity contribution in [3.8, 4) is 16.8 Å². The fourth-order valence-corrected chi connectivity index (χ4v) is 5.86. The Labute approximate surface area is 229 Å². The van der Waals surface area contributed by atoms with E-state index in [0.717, 1.165) is 10.7 Å². The van der Waals surface area contributed by atoms with Crippen LogP contribution in [0.4, 0.5) is 10.1 Å². The van der Waals surface area contributed by atoms with E-state index in [1.54, 1.807) is 43.3 Å². The van der Waals surface area contributed by atoms with Crippen molar-refractivity contribution in [1.29, 1.82) is 0 Å². The molecule has 0 saturated carbocycles. The maximum atomic E-state index is 15.2. The SMILES string of the molecule is Cc1cc(C(=O)Nc2ccc(-c3ccccc3S(N)(=O)=O)cc2F)n(-c2cc3ccccc3cc2S(N)(=O)=O)n1. The van der Waals surface area contributed by atoms with E-state index < -0.39 is 31.8 Å². The zero-order valence-corrected chi connectivity index (χ0v) is 22.5. The highest BCUT2D eigenvalue weighted by molar-refractivity contribution is 7.89. The second kappa shape index (κ2) is 9.95. The molecule has 0 radical (unpaired) electrons. The van der Waals surface area contributed by atoms with Crippen LogP contribution in [0.15, 0.2) is 94.7 Å². The van der Waals surface area contributed by atoms with Gasteiger partial charge in [-0.2, -0.15) is 5.10 Å². The number of aryl methyl sites for hydroxylation is 1. The molecule has 4 aromatic carbocycles. The quantitative estimate of drug-likeness (QED) is 0.277. The number of aromatic nitrogens is 2. The number of benzene rings is 4. The Balaban J connectivity index is 1.54. The molecule has 0 atom stereocenters. The molecule has 0 aliphatic carbocycles. The summed E-state index contributed by atoms with van der Waals surface area (Å²) in [6, 6.07) is 21.1. The van der Waals surface area contributed by atoms with Crippen LogP contribution in [0.25, 0.3) is 27.6 Å². The highest BCUT2D eigenvalue weighted by Gasteiger charge is 2.23. The predicted octanol–water partition coefficient (Wildman–Crippen LogP) is 3.69. The molecular formula is C27H22FN5O5S2. The number of nitrogens with two attached hydrogens (primary N) is 2. The number of hydrogen-bond donors (Lipinski definition) is 3. The molecule has 0 saturated heterocycles. The molecule has 0 aliphatic heterocycles. The van der Waals surface area contributed by atoms with Gasteiger partial charge in [0.05, 0.1) is 22.0 Å². The normalized spacial score (nSPS) is 12.0. The second-order valence-corrected chi connectivity index (χ2v) is 12.0. The minimum Gasteiger partial charge on any atom is -0.318 e. The van der Waals surface area contributed by atoms with Crippen molar-refractivity contribution in [2.45, 2.75) is 16.7 Å². The zero-order chi connectivity index (χ0) is 28.8.